The van der Waals surface area contributed by atoms with Gasteiger partial charge >= 0.3 is 12.3 Å². The van der Waals surface area contributed by atoms with Crippen LogP contribution in [0.5, 0.6) is 11.6 Å². The molecule has 2 aromatic rings. The summed E-state index contributed by atoms with van der Waals surface area (Å²) in [6, 6.07) is 3.36. The van der Waals surface area contributed by atoms with Crippen molar-refractivity contribution in [1.29, 1.82) is 0 Å². The monoisotopic (exact) mass is 851 g/mol. The summed E-state index contributed by atoms with van der Waals surface area (Å²) in [5.74, 6) is -4.24. The van der Waals surface area contributed by atoms with Crippen molar-refractivity contribution in [2.24, 2.45) is 17.8 Å². The summed E-state index contributed by atoms with van der Waals surface area (Å²) >= 11 is 0. The zero-order valence-corrected chi connectivity index (χ0v) is 34.7. The van der Waals surface area contributed by atoms with Crippen LogP contribution in [0.2, 0.25) is 0 Å². The number of fused-ring (bicyclic) bond motifs is 3. The highest BCUT2D eigenvalue weighted by atomic mass is 32.2. The number of allylic oxidation sites excluding steroid dienone is 1. The molecule has 4 amide bonds. The number of carboxylic acid groups (broad SMARTS) is 1. The first kappa shape index (κ1) is 43.9. The third kappa shape index (κ3) is 8.54. The van der Waals surface area contributed by atoms with Crippen LogP contribution < -0.4 is 19.5 Å². The molecule has 1 aromatic heterocycles. The molecule has 59 heavy (non-hydrogen) atoms. The number of carbonyl (C=O) groups is 4. The molecule has 1 aromatic carbocycles. The third-order valence-corrected chi connectivity index (χ3v) is 14.6. The van der Waals surface area contributed by atoms with Crippen molar-refractivity contribution in [2.45, 2.75) is 113 Å². The maximum Gasteiger partial charge on any atom is 0.411 e. The number of nitrogens with zero attached hydrogens (tertiary/aromatic N) is 3. The van der Waals surface area contributed by atoms with E-state index in [9.17, 15) is 41.1 Å². The Bertz CT molecular complexity index is 2110. The van der Waals surface area contributed by atoms with Crippen molar-refractivity contribution >= 4 is 44.6 Å². The predicted octanol–water partition coefficient (Wildman–Crippen LogP) is 4.79. The lowest BCUT2D eigenvalue weighted by atomic mass is 9.84. The second-order valence-corrected chi connectivity index (χ2v) is 19.3. The summed E-state index contributed by atoms with van der Waals surface area (Å²) in [7, 11) is -1.32. The molecule has 19 heteroatoms. The van der Waals surface area contributed by atoms with Crippen molar-refractivity contribution in [3.8, 4) is 11.6 Å². The molecule has 7 atom stereocenters. The Hall–Kier alpha value is -4.65. The molecule has 3 heterocycles. The maximum atomic E-state index is 15.2. The van der Waals surface area contributed by atoms with Crippen LogP contribution in [0.25, 0.3) is 10.8 Å². The fourth-order valence-corrected chi connectivity index (χ4v) is 9.57. The van der Waals surface area contributed by atoms with Crippen LogP contribution in [0.4, 0.5) is 18.0 Å². The summed E-state index contributed by atoms with van der Waals surface area (Å²) in [5.41, 5.74) is -4.82. The topological polar surface area (TPSA) is 194 Å². The zero-order valence-electron chi connectivity index (χ0n) is 33.9. The molecule has 2 saturated carbocycles. The fourth-order valence-electron chi connectivity index (χ4n) is 8.26. The minimum atomic E-state index is -5.13. The first-order valence-corrected chi connectivity index (χ1v) is 21.1. The van der Waals surface area contributed by atoms with Gasteiger partial charge in [-0.25, -0.2) is 18.2 Å². The van der Waals surface area contributed by atoms with E-state index in [4.69, 9.17) is 14.2 Å². The van der Waals surface area contributed by atoms with Gasteiger partial charge in [-0.1, -0.05) is 19.1 Å². The number of nitrogens with one attached hydrogen (secondary N) is 2. The normalized spacial score (nSPS) is 28.7. The van der Waals surface area contributed by atoms with Crippen molar-refractivity contribution in [2.75, 3.05) is 27.4 Å². The Morgan fingerprint density at radius 2 is 1.85 bits per heavy atom. The van der Waals surface area contributed by atoms with Gasteiger partial charge in [0.1, 0.15) is 35.0 Å². The maximum absolute atomic E-state index is 15.2. The van der Waals surface area contributed by atoms with Crippen LogP contribution >= 0.6 is 0 Å². The number of ether oxygens (including phenoxy) is 3. The van der Waals surface area contributed by atoms with Crippen molar-refractivity contribution in [3.63, 3.8) is 0 Å². The highest BCUT2D eigenvalue weighted by molar-refractivity contribution is 7.91. The van der Waals surface area contributed by atoms with Gasteiger partial charge in [0, 0.05) is 36.9 Å². The number of amides is 4. The SMILES string of the molecule is COC[C@@H]1C[C@@H](C)CCC=C[C@@H]2C[C@@]2(C(=O)NS(=O)(=O)C2(C)CC2)NC(=O)[C@@H]2C[C@@H](Oc3nccc4cc(OC)ccc34)CN2C(=O)[C@H]1N(C(=O)O)C(C)(C)C(F)(F)F. The molecule has 0 bridgehead atoms. The fraction of sp³-hybridized carbons (Fsp3) is 0.625. The van der Waals surface area contributed by atoms with E-state index in [-0.39, 0.29) is 49.1 Å². The molecule has 6 rings (SSSR count). The van der Waals surface area contributed by atoms with Crippen LogP contribution in [0, 0.1) is 17.8 Å². The molecule has 3 N–H and O–H groups in total. The van der Waals surface area contributed by atoms with Gasteiger partial charge < -0.3 is 29.5 Å². The van der Waals surface area contributed by atoms with Gasteiger partial charge in [-0.05, 0) is 94.9 Å². The minimum Gasteiger partial charge on any atom is -0.497 e. The molecular weight excluding hydrogens is 800 g/mol. The number of sulfonamides is 1. The van der Waals surface area contributed by atoms with Crippen LogP contribution in [0.3, 0.4) is 0 Å². The Kier molecular flexibility index (Phi) is 12.0. The lowest BCUT2D eigenvalue weighted by Gasteiger charge is -2.46. The van der Waals surface area contributed by atoms with E-state index in [1.165, 1.54) is 27.3 Å². The number of hydrogen-bond donors (Lipinski definition) is 3. The number of aromatic nitrogens is 1. The number of methoxy groups -OCH3 is 2. The quantitative estimate of drug-likeness (QED) is 0.278. The minimum absolute atomic E-state index is 0.0396. The molecule has 0 radical (unpaired) electrons. The number of hydrogen-bond acceptors (Lipinski definition) is 10. The van der Waals surface area contributed by atoms with Gasteiger partial charge in [-0.15, -0.1) is 0 Å². The van der Waals surface area contributed by atoms with E-state index in [1.54, 1.807) is 36.4 Å². The lowest BCUT2D eigenvalue weighted by Crippen LogP contribution is -2.67. The Balaban J connectivity index is 1.45. The molecule has 3 fully saturated rings. The van der Waals surface area contributed by atoms with E-state index in [2.05, 4.69) is 15.0 Å². The molecule has 324 valence electrons. The largest absolute Gasteiger partial charge is 0.497 e. The number of pyridine rings is 1. The molecule has 2 aliphatic heterocycles. The average molecular weight is 852 g/mol. The molecule has 15 nitrogen and oxygen atoms in total. The van der Waals surface area contributed by atoms with Gasteiger partial charge in [0.05, 0.1) is 25.0 Å². The number of benzene rings is 1. The zero-order chi connectivity index (χ0) is 43.3. The van der Waals surface area contributed by atoms with Gasteiger partial charge in [-0.3, -0.25) is 24.0 Å². The lowest BCUT2D eigenvalue weighted by molar-refractivity contribution is -0.223. The van der Waals surface area contributed by atoms with Gasteiger partial charge in [-0.2, -0.15) is 13.2 Å². The molecule has 0 unspecified atom stereocenters. The first-order chi connectivity index (χ1) is 27.6. The predicted molar refractivity (Wildman–Crippen MR) is 208 cm³/mol. The van der Waals surface area contributed by atoms with E-state index in [0.717, 1.165) is 4.90 Å². The molecule has 4 aliphatic rings. The summed E-state index contributed by atoms with van der Waals surface area (Å²) in [4.78, 5) is 62.3. The van der Waals surface area contributed by atoms with Gasteiger partial charge in [0.25, 0.3) is 5.91 Å². The van der Waals surface area contributed by atoms with Crippen LogP contribution in [-0.2, 0) is 29.1 Å². The molecular formula is C40H52F3N5O10S. The summed E-state index contributed by atoms with van der Waals surface area (Å²) < 4.78 is 89.1. The van der Waals surface area contributed by atoms with Crippen LogP contribution in [0.15, 0.2) is 42.6 Å². The van der Waals surface area contributed by atoms with Crippen LogP contribution in [0.1, 0.15) is 72.6 Å². The molecule has 2 aliphatic carbocycles. The van der Waals surface area contributed by atoms with Crippen molar-refractivity contribution in [3.05, 3.63) is 42.6 Å². The van der Waals surface area contributed by atoms with Gasteiger partial charge in [0.2, 0.25) is 27.7 Å². The summed E-state index contributed by atoms with van der Waals surface area (Å²) in [5, 5.41) is 14.5. The van der Waals surface area contributed by atoms with Gasteiger partial charge in [0.15, 0.2) is 0 Å². The Labute approximate surface area is 341 Å². The van der Waals surface area contributed by atoms with E-state index in [1.807, 2.05) is 6.92 Å². The number of rotatable bonds is 10. The Morgan fingerprint density at radius 3 is 2.47 bits per heavy atom. The second-order valence-electron chi connectivity index (χ2n) is 17.1. The van der Waals surface area contributed by atoms with Crippen molar-refractivity contribution in [1.82, 2.24) is 24.8 Å². The number of halogens is 3. The third-order valence-electron chi connectivity index (χ3n) is 12.4. The van der Waals surface area contributed by atoms with E-state index in [0.29, 0.717) is 56.1 Å². The highest BCUT2D eigenvalue weighted by Gasteiger charge is 2.64. The molecule has 1 saturated heterocycles. The smallest absolute Gasteiger partial charge is 0.411 e. The molecule has 0 spiro atoms. The average Bonchev–Trinajstić information content (AvgIpc) is 4.04. The van der Waals surface area contributed by atoms with E-state index >= 15 is 4.79 Å². The Morgan fingerprint density at radius 1 is 1.14 bits per heavy atom. The first-order valence-electron chi connectivity index (χ1n) is 19.6. The summed E-state index contributed by atoms with van der Waals surface area (Å²) in [6.07, 6.45) is -1.67. The standard InChI is InChI=1S/C40H52F3N5O10S/c1-23-9-7-8-10-26-20-39(26,35(51)46-59(54,55)38(4)14-15-38)45-32(49)30-19-28(58-33-29-12-11-27(57-6)18-24(29)13-16-44-33)21-47(30)34(50)31(25(17-23)22-56-5)48(36(52)53)37(2,3)40(41,42)43/h8,10-13,16,18,23,25-26,28,30-31H,7,9,14-15,17,19-22H2,1-6H3,(H,45,49)(H,46,51)(H,52,53)/t23-,25-,26+,28+,30-,31-,39+/m0/s1. The van der Waals surface area contributed by atoms with E-state index < -0.39 is 85.9 Å². The summed E-state index contributed by atoms with van der Waals surface area (Å²) in [6.45, 7) is 4.02. The highest BCUT2D eigenvalue weighted by Crippen LogP contribution is 2.48. The second kappa shape index (κ2) is 16.1. The number of alkyl halides is 3. The van der Waals surface area contributed by atoms with Crippen molar-refractivity contribution < 1.29 is 60.1 Å². The number of carbonyl (C=O) groups excluding carboxylic acids is 3. The van der Waals surface area contributed by atoms with Crippen LogP contribution in [-0.4, -0.2) is 120 Å².